The summed E-state index contributed by atoms with van der Waals surface area (Å²) in [5, 5.41) is 29.3. The van der Waals surface area contributed by atoms with E-state index < -0.39 is 12.1 Å². The molecule has 148 valence electrons. The summed E-state index contributed by atoms with van der Waals surface area (Å²) in [5.41, 5.74) is 1.10. The van der Waals surface area contributed by atoms with Crippen molar-refractivity contribution in [3.8, 4) is 0 Å². The SMILES string of the molecule is O=C(O)COCCC1C[C@H]2C[C@H](O)[C@@H](C=CC(O)Cc3ccccc3)[C@@H]2C1. The minimum absolute atomic E-state index is 0.102. The molecule has 2 saturated carbocycles. The first kappa shape index (κ1) is 20.1. The molecule has 2 aliphatic rings. The number of carboxylic acid groups (broad SMARTS) is 1. The third kappa shape index (κ3) is 5.64. The van der Waals surface area contributed by atoms with Crippen LogP contribution < -0.4 is 0 Å². The zero-order valence-corrected chi connectivity index (χ0v) is 15.6. The van der Waals surface area contributed by atoms with Gasteiger partial charge < -0.3 is 20.1 Å². The molecule has 0 amide bonds. The molecule has 0 bridgehead atoms. The van der Waals surface area contributed by atoms with Crippen LogP contribution >= 0.6 is 0 Å². The maximum Gasteiger partial charge on any atom is 0.329 e. The predicted molar refractivity (Wildman–Crippen MR) is 102 cm³/mol. The molecule has 3 N–H and O–H groups in total. The minimum Gasteiger partial charge on any atom is -0.480 e. The summed E-state index contributed by atoms with van der Waals surface area (Å²) >= 11 is 0. The molecular formula is C22H30O5. The largest absolute Gasteiger partial charge is 0.480 e. The van der Waals surface area contributed by atoms with Crippen LogP contribution in [0.15, 0.2) is 42.5 Å². The highest BCUT2D eigenvalue weighted by Crippen LogP contribution is 2.51. The van der Waals surface area contributed by atoms with Crippen molar-refractivity contribution in [1.29, 1.82) is 0 Å². The average Bonchev–Trinajstić information content (AvgIpc) is 3.14. The van der Waals surface area contributed by atoms with E-state index in [1.165, 1.54) is 0 Å². The van der Waals surface area contributed by atoms with Crippen molar-refractivity contribution in [1.82, 2.24) is 0 Å². The lowest BCUT2D eigenvalue weighted by Gasteiger charge is -2.19. The summed E-state index contributed by atoms with van der Waals surface area (Å²) in [5.74, 6) is 0.674. The average molecular weight is 374 g/mol. The Hall–Kier alpha value is -1.69. The Bertz CT molecular complexity index is 629. The molecule has 0 heterocycles. The lowest BCUT2D eigenvalue weighted by molar-refractivity contribution is -0.142. The molecule has 2 unspecified atom stereocenters. The number of hydrogen-bond acceptors (Lipinski definition) is 4. The van der Waals surface area contributed by atoms with Gasteiger partial charge in [0.05, 0.1) is 12.2 Å². The number of fused-ring (bicyclic) bond motifs is 1. The number of benzene rings is 1. The summed E-state index contributed by atoms with van der Waals surface area (Å²) < 4.78 is 5.17. The van der Waals surface area contributed by atoms with Crippen molar-refractivity contribution in [3.63, 3.8) is 0 Å². The van der Waals surface area contributed by atoms with Gasteiger partial charge in [-0.3, -0.25) is 0 Å². The molecule has 0 aliphatic heterocycles. The molecular weight excluding hydrogens is 344 g/mol. The van der Waals surface area contributed by atoms with Gasteiger partial charge in [0.25, 0.3) is 0 Å². The Morgan fingerprint density at radius 3 is 2.74 bits per heavy atom. The van der Waals surface area contributed by atoms with Crippen LogP contribution in [0, 0.1) is 23.7 Å². The highest BCUT2D eigenvalue weighted by Gasteiger charge is 2.46. The second-order valence-electron chi connectivity index (χ2n) is 8.02. The molecule has 5 nitrogen and oxygen atoms in total. The third-order valence-corrected chi connectivity index (χ3v) is 6.07. The van der Waals surface area contributed by atoms with E-state index in [2.05, 4.69) is 0 Å². The number of aliphatic hydroxyl groups is 2. The van der Waals surface area contributed by atoms with Crippen molar-refractivity contribution >= 4 is 5.97 Å². The molecule has 0 aromatic heterocycles. The standard InChI is InChI=1S/C22H30O5/c23-18(11-15-4-2-1-3-5-15)6-7-19-20-12-16(8-9-27-14-22(25)26)10-17(20)13-21(19)24/h1-7,16-21,23-24H,8-14H2,(H,25,26)/t16?,17-,18?,19-,20+,21-/m0/s1. The van der Waals surface area contributed by atoms with Crippen LogP contribution in [0.2, 0.25) is 0 Å². The quantitative estimate of drug-likeness (QED) is 0.457. The van der Waals surface area contributed by atoms with E-state index in [0.717, 1.165) is 31.2 Å². The van der Waals surface area contributed by atoms with Gasteiger partial charge in [-0.2, -0.15) is 0 Å². The number of aliphatic hydroxyl groups excluding tert-OH is 2. The van der Waals surface area contributed by atoms with Crippen LogP contribution in [-0.4, -0.2) is 46.7 Å². The Labute approximate surface area is 160 Å². The lowest BCUT2D eigenvalue weighted by Crippen LogP contribution is -2.19. The van der Waals surface area contributed by atoms with Crippen molar-refractivity contribution in [2.24, 2.45) is 23.7 Å². The minimum atomic E-state index is -0.930. The molecule has 0 saturated heterocycles. The lowest BCUT2D eigenvalue weighted by atomic mass is 9.89. The molecule has 5 heteroatoms. The molecule has 2 fully saturated rings. The number of carboxylic acids is 1. The zero-order valence-electron chi connectivity index (χ0n) is 15.6. The smallest absolute Gasteiger partial charge is 0.329 e. The third-order valence-electron chi connectivity index (χ3n) is 6.07. The molecule has 6 atom stereocenters. The van der Waals surface area contributed by atoms with Crippen LogP contribution in [-0.2, 0) is 16.0 Å². The maximum absolute atomic E-state index is 10.5. The van der Waals surface area contributed by atoms with Crippen molar-refractivity contribution in [2.75, 3.05) is 13.2 Å². The summed E-state index contributed by atoms with van der Waals surface area (Å²) in [7, 11) is 0. The van der Waals surface area contributed by atoms with Crippen LogP contribution in [0.4, 0.5) is 0 Å². The number of rotatable bonds is 9. The van der Waals surface area contributed by atoms with Crippen LogP contribution in [0.3, 0.4) is 0 Å². The van der Waals surface area contributed by atoms with Gasteiger partial charge in [-0.25, -0.2) is 4.79 Å². The summed E-state index contributed by atoms with van der Waals surface area (Å²) in [6.45, 7) is 0.248. The summed E-state index contributed by atoms with van der Waals surface area (Å²) in [6.07, 6.45) is 7.39. The van der Waals surface area contributed by atoms with E-state index in [4.69, 9.17) is 9.84 Å². The van der Waals surface area contributed by atoms with Gasteiger partial charge in [0.2, 0.25) is 0 Å². The fraction of sp³-hybridized carbons (Fsp3) is 0.591. The Kier molecular flexibility index (Phi) is 7.05. The molecule has 3 rings (SSSR count). The zero-order chi connectivity index (χ0) is 19.2. The summed E-state index contributed by atoms with van der Waals surface area (Å²) in [4.78, 5) is 10.5. The van der Waals surface area contributed by atoms with E-state index in [1.807, 2.05) is 42.5 Å². The first-order chi connectivity index (χ1) is 13.0. The van der Waals surface area contributed by atoms with Crippen molar-refractivity contribution in [2.45, 2.75) is 44.3 Å². The Balaban J connectivity index is 1.48. The number of hydrogen-bond donors (Lipinski definition) is 3. The van der Waals surface area contributed by atoms with Crippen LogP contribution in [0.1, 0.15) is 31.2 Å². The topological polar surface area (TPSA) is 87.0 Å². The van der Waals surface area contributed by atoms with Crippen LogP contribution in [0.5, 0.6) is 0 Å². The van der Waals surface area contributed by atoms with Gasteiger partial charge in [0, 0.05) is 18.9 Å². The van der Waals surface area contributed by atoms with E-state index >= 15 is 0 Å². The summed E-state index contributed by atoms with van der Waals surface area (Å²) in [6, 6.07) is 9.91. The Morgan fingerprint density at radius 2 is 2.00 bits per heavy atom. The predicted octanol–water partition coefficient (Wildman–Crippen LogP) is 2.66. The molecule has 2 aliphatic carbocycles. The monoisotopic (exact) mass is 374 g/mol. The molecule has 0 spiro atoms. The molecule has 0 radical (unpaired) electrons. The van der Waals surface area contributed by atoms with Crippen molar-refractivity contribution in [3.05, 3.63) is 48.0 Å². The van der Waals surface area contributed by atoms with E-state index in [9.17, 15) is 15.0 Å². The highest BCUT2D eigenvalue weighted by molar-refractivity contribution is 5.67. The van der Waals surface area contributed by atoms with E-state index in [1.54, 1.807) is 0 Å². The maximum atomic E-state index is 10.5. The number of ether oxygens (including phenoxy) is 1. The van der Waals surface area contributed by atoms with Gasteiger partial charge in [0.15, 0.2) is 0 Å². The fourth-order valence-electron chi connectivity index (χ4n) is 4.87. The fourth-order valence-corrected chi connectivity index (χ4v) is 4.87. The highest BCUT2D eigenvalue weighted by atomic mass is 16.5. The van der Waals surface area contributed by atoms with Gasteiger partial charge in [-0.15, -0.1) is 0 Å². The second kappa shape index (κ2) is 9.49. The molecule has 1 aromatic rings. The van der Waals surface area contributed by atoms with Crippen LogP contribution in [0.25, 0.3) is 0 Å². The van der Waals surface area contributed by atoms with E-state index in [0.29, 0.717) is 30.8 Å². The first-order valence-electron chi connectivity index (χ1n) is 9.91. The van der Waals surface area contributed by atoms with E-state index in [-0.39, 0.29) is 18.6 Å². The molecule has 27 heavy (non-hydrogen) atoms. The number of carbonyl (C=O) groups is 1. The second-order valence-corrected chi connectivity index (χ2v) is 8.02. The normalized spacial score (nSPS) is 31.3. The van der Waals surface area contributed by atoms with Gasteiger partial charge in [-0.1, -0.05) is 42.5 Å². The molecule has 1 aromatic carbocycles. The number of aliphatic carboxylic acids is 1. The first-order valence-corrected chi connectivity index (χ1v) is 9.91. The van der Waals surface area contributed by atoms with Crippen molar-refractivity contribution < 1.29 is 24.9 Å². The van der Waals surface area contributed by atoms with Gasteiger partial charge in [-0.05, 0) is 49.0 Å². The Morgan fingerprint density at radius 1 is 1.22 bits per heavy atom. The van der Waals surface area contributed by atoms with Gasteiger partial charge in [0.1, 0.15) is 6.61 Å². The van der Waals surface area contributed by atoms with Gasteiger partial charge >= 0.3 is 5.97 Å².